The van der Waals surface area contributed by atoms with Crippen LogP contribution in [0.5, 0.6) is 0 Å². The van der Waals surface area contributed by atoms with Crippen LogP contribution in [0.3, 0.4) is 0 Å². The van der Waals surface area contributed by atoms with E-state index in [-0.39, 0.29) is 35.4 Å². The summed E-state index contributed by atoms with van der Waals surface area (Å²) in [6, 6.07) is 11.9. The number of H-pyrrole nitrogens is 1. The molecular formula is C22H22N4O4S. The van der Waals surface area contributed by atoms with Gasteiger partial charge in [-0.2, -0.15) is 0 Å². The Balaban J connectivity index is 1.33. The fourth-order valence-electron chi connectivity index (χ4n) is 4.44. The van der Waals surface area contributed by atoms with Gasteiger partial charge in [0.2, 0.25) is 5.91 Å². The Hall–Kier alpha value is -3.20. The summed E-state index contributed by atoms with van der Waals surface area (Å²) in [4.78, 5) is 35.3. The first-order valence-electron chi connectivity index (χ1n) is 10.3. The number of aryl methyl sites for hydroxylation is 1. The second-order valence-corrected chi connectivity index (χ2v) is 9.85. The Morgan fingerprint density at radius 2 is 2.03 bits per heavy atom. The maximum atomic E-state index is 13.0. The molecule has 0 saturated carbocycles. The summed E-state index contributed by atoms with van der Waals surface area (Å²) < 4.78 is 26.2. The highest BCUT2D eigenvalue weighted by atomic mass is 32.2. The van der Waals surface area contributed by atoms with Crippen LogP contribution in [0.2, 0.25) is 0 Å². The summed E-state index contributed by atoms with van der Waals surface area (Å²) in [5, 5.41) is 0. The summed E-state index contributed by atoms with van der Waals surface area (Å²) in [6.45, 7) is 2.43. The van der Waals surface area contributed by atoms with Crippen molar-refractivity contribution in [2.24, 2.45) is 0 Å². The number of nitrogens with zero attached hydrogens (tertiary/aromatic N) is 3. The highest BCUT2D eigenvalue weighted by Crippen LogP contribution is 2.33. The lowest BCUT2D eigenvalue weighted by Crippen LogP contribution is -2.36. The van der Waals surface area contributed by atoms with Crippen molar-refractivity contribution >= 4 is 32.9 Å². The normalized spacial score (nSPS) is 19.9. The van der Waals surface area contributed by atoms with Gasteiger partial charge in [-0.25, -0.2) is 17.7 Å². The molecule has 160 valence electrons. The Morgan fingerprint density at radius 1 is 1.23 bits per heavy atom. The average molecular weight is 439 g/mol. The number of aromatic amines is 1. The number of imidazole rings is 1. The zero-order chi connectivity index (χ0) is 21.8. The van der Waals surface area contributed by atoms with Crippen molar-refractivity contribution in [1.29, 1.82) is 0 Å². The molecule has 2 aliphatic heterocycles. The molecule has 9 heteroatoms. The van der Waals surface area contributed by atoms with Gasteiger partial charge in [0.05, 0.1) is 22.6 Å². The number of amides is 2. The maximum absolute atomic E-state index is 13.0. The van der Waals surface area contributed by atoms with Crippen LogP contribution in [0.25, 0.3) is 11.0 Å². The summed E-state index contributed by atoms with van der Waals surface area (Å²) in [5.41, 5.74) is 3.07. The molecular weight excluding hydrogens is 416 g/mol. The number of carbonyl (C=O) groups is 2. The van der Waals surface area contributed by atoms with E-state index in [0.29, 0.717) is 6.54 Å². The molecule has 1 N–H and O–H groups in total. The van der Waals surface area contributed by atoms with E-state index in [2.05, 4.69) is 9.97 Å². The average Bonchev–Trinajstić information content (AvgIpc) is 3.43. The van der Waals surface area contributed by atoms with Crippen molar-refractivity contribution < 1.29 is 18.0 Å². The van der Waals surface area contributed by atoms with Gasteiger partial charge in [0, 0.05) is 19.5 Å². The van der Waals surface area contributed by atoms with Crippen LogP contribution in [0, 0.1) is 6.92 Å². The monoisotopic (exact) mass is 438 g/mol. The second-order valence-electron chi connectivity index (χ2n) is 8.02. The second kappa shape index (κ2) is 7.19. The van der Waals surface area contributed by atoms with Crippen LogP contribution in [0.1, 0.15) is 47.1 Å². The number of hydrogen-bond donors (Lipinski definition) is 1. The van der Waals surface area contributed by atoms with E-state index in [1.54, 1.807) is 17.0 Å². The van der Waals surface area contributed by atoms with E-state index in [4.69, 9.17) is 0 Å². The van der Waals surface area contributed by atoms with Gasteiger partial charge < -0.3 is 9.88 Å². The zero-order valence-corrected chi connectivity index (χ0v) is 17.9. The number of carbonyl (C=O) groups excluding carboxylic acids is 2. The summed E-state index contributed by atoms with van der Waals surface area (Å²) in [7, 11) is -3.91. The zero-order valence-electron chi connectivity index (χ0n) is 17.0. The topological polar surface area (TPSA) is 103 Å². The molecule has 2 amide bonds. The molecule has 1 unspecified atom stereocenters. The van der Waals surface area contributed by atoms with Gasteiger partial charge >= 0.3 is 0 Å². The molecule has 0 bridgehead atoms. The van der Waals surface area contributed by atoms with Crippen molar-refractivity contribution in [1.82, 2.24) is 19.2 Å². The van der Waals surface area contributed by atoms with E-state index >= 15 is 0 Å². The molecule has 8 nitrogen and oxygen atoms in total. The quantitative estimate of drug-likeness (QED) is 0.675. The predicted octanol–water partition coefficient (Wildman–Crippen LogP) is 2.77. The number of sulfonamides is 1. The smallest absolute Gasteiger partial charge is 0.269 e. The first kappa shape index (κ1) is 19.7. The Morgan fingerprint density at radius 3 is 2.84 bits per heavy atom. The van der Waals surface area contributed by atoms with Crippen LogP contribution in [-0.4, -0.2) is 52.5 Å². The highest BCUT2D eigenvalue weighted by molar-refractivity contribution is 7.90. The Labute approximate surface area is 179 Å². The van der Waals surface area contributed by atoms with Crippen LogP contribution in [-0.2, 0) is 14.8 Å². The minimum atomic E-state index is -3.91. The number of aromatic nitrogens is 2. The number of rotatable bonds is 4. The third-order valence-electron chi connectivity index (χ3n) is 5.99. The van der Waals surface area contributed by atoms with Crippen molar-refractivity contribution in [3.8, 4) is 0 Å². The predicted molar refractivity (Wildman–Crippen MR) is 114 cm³/mol. The molecule has 0 spiro atoms. The highest BCUT2D eigenvalue weighted by Gasteiger charge is 2.41. The Kier molecular flexibility index (Phi) is 4.58. The number of hydrogen-bond acceptors (Lipinski definition) is 5. The van der Waals surface area contributed by atoms with Crippen molar-refractivity contribution in [3.05, 3.63) is 59.4 Å². The molecule has 2 aliphatic rings. The van der Waals surface area contributed by atoms with Gasteiger partial charge in [0.1, 0.15) is 10.7 Å². The van der Waals surface area contributed by atoms with Gasteiger partial charge in [0.25, 0.3) is 15.9 Å². The van der Waals surface area contributed by atoms with Gasteiger partial charge in [-0.15, -0.1) is 0 Å². The van der Waals surface area contributed by atoms with E-state index in [1.807, 2.05) is 25.1 Å². The third kappa shape index (κ3) is 3.20. The van der Waals surface area contributed by atoms with Gasteiger partial charge in [-0.05, 0) is 49.6 Å². The molecule has 1 fully saturated rings. The molecule has 1 saturated heterocycles. The molecule has 0 aliphatic carbocycles. The third-order valence-corrected chi connectivity index (χ3v) is 7.83. The Bertz CT molecular complexity index is 1310. The molecule has 3 aromatic rings. The molecule has 1 aromatic heterocycles. The first-order chi connectivity index (χ1) is 14.9. The number of nitrogens with one attached hydrogen (secondary N) is 1. The molecule has 0 radical (unpaired) electrons. The standard InChI is InChI=1S/C22H22N4O4S/c1-14-8-9-16-17(13-14)24-21(23-16)18-6-4-11-25(18)20(27)10-12-26-22(28)15-5-2-3-7-19(15)31(26,29)30/h2-3,5,7-9,13,18H,4,6,10-12H2,1H3,(H,23,24). The lowest BCUT2D eigenvalue weighted by molar-refractivity contribution is -0.132. The first-order valence-corrected chi connectivity index (χ1v) is 11.7. The van der Waals surface area contributed by atoms with Crippen LogP contribution >= 0.6 is 0 Å². The lowest BCUT2D eigenvalue weighted by atomic mass is 10.2. The summed E-state index contributed by atoms with van der Waals surface area (Å²) >= 11 is 0. The fourth-order valence-corrected chi connectivity index (χ4v) is 6.01. The van der Waals surface area contributed by atoms with Crippen LogP contribution < -0.4 is 0 Å². The molecule has 31 heavy (non-hydrogen) atoms. The minimum absolute atomic E-state index is 0.00377. The van der Waals surface area contributed by atoms with Gasteiger partial charge in [0.15, 0.2) is 0 Å². The van der Waals surface area contributed by atoms with E-state index in [1.165, 1.54) is 12.1 Å². The van der Waals surface area contributed by atoms with Crippen molar-refractivity contribution in [2.75, 3.05) is 13.1 Å². The SMILES string of the molecule is Cc1ccc2nc(C3CCCN3C(=O)CCN3C(=O)c4ccccc4S3(=O)=O)[nH]c2c1. The molecule has 1 atom stereocenters. The fraction of sp³-hybridized carbons (Fsp3) is 0.318. The van der Waals surface area contributed by atoms with Gasteiger partial charge in [-0.3, -0.25) is 9.59 Å². The number of fused-ring (bicyclic) bond motifs is 2. The molecule has 3 heterocycles. The number of benzene rings is 2. The summed E-state index contributed by atoms with van der Waals surface area (Å²) in [6.07, 6.45) is 1.57. The largest absolute Gasteiger partial charge is 0.340 e. The van der Waals surface area contributed by atoms with Crippen LogP contribution in [0.15, 0.2) is 47.4 Å². The van der Waals surface area contributed by atoms with E-state index < -0.39 is 15.9 Å². The van der Waals surface area contributed by atoms with E-state index in [9.17, 15) is 18.0 Å². The number of likely N-dealkylation sites (tertiary alicyclic amines) is 1. The van der Waals surface area contributed by atoms with Gasteiger partial charge in [-0.1, -0.05) is 18.2 Å². The van der Waals surface area contributed by atoms with Crippen molar-refractivity contribution in [3.63, 3.8) is 0 Å². The molecule has 5 rings (SSSR count). The van der Waals surface area contributed by atoms with E-state index in [0.717, 1.165) is 39.6 Å². The summed E-state index contributed by atoms with van der Waals surface area (Å²) in [5.74, 6) is -0.0177. The van der Waals surface area contributed by atoms with Crippen molar-refractivity contribution in [2.45, 2.75) is 37.1 Å². The molecule has 2 aromatic carbocycles. The lowest BCUT2D eigenvalue weighted by Gasteiger charge is -2.24. The van der Waals surface area contributed by atoms with Crippen LogP contribution in [0.4, 0.5) is 0 Å². The minimum Gasteiger partial charge on any atom is -0.340 e. The maximum Gasteiger partial charge on any atom is 0.269 e.